The van der Waals surface area contributed by atoms with E-state index in [-0.39, 0.29) is 60.2 Å². The molecular formula is C15H26IrO7. The van der Waals surface area contributed by atoms with Crippen molar-refractivity contribution in [1.82, 2.24) is 0 Å². The molecule has 1 radical (unpaired) electrons. The number of ketones is 4. The summed E-state index contributed by atoms with van der Waals surface area (Å²) < 4.78 is 0. The van der Waals surface area contributed by atoms with Crippen LogP contribution in [-0.2, 0) is 44.8 Å². The van der Waals surface area contributed by atoms with Crippen LogP contribution in [0.15, 0.2) is 23.7 Å². The molecular weight excluding hydrogens is 484 g/mol. The molecule has 0 bridgehead atoms. The van der Waals surface area contributed by atoms with E-state index in [0.29, 0.717) is 0 Å². The van der Waals surface area contributed by atoms with Crippen LogP contribution in [0, 0.1) is 6.42 Å². The summed E-state index contributed by atoms with van der Waals surface area (Å²) in [6.07, 6.45) is 3.39. The first-order valence-corrected chi connectivity index (χ1v) is 6.00. The second-order valence-electron chi connectivity index (χ2n) is 4.16. The summed E-state index contributed by atoms with van der Waals surface area (Å²) in [5.74, 6) is -0.500. The predicted molar refractivity (Wildman–Crippen MR) is 84.7 cm³/mol. The van der Waals surface area contributed by atoms with Crippen LogP contribution in [0.3, 0.4) is 0 Å². The first-order valence-electron chi connectivity index (χ1n) is 6.00. The summed E-state index contributed by atoms with van der Waals surface area (Å²) in [6, 6.07) is 0. The zero-order valence-corrected chi connectivity index (χ0v) is 16.6. The Morgan fingerprint density at radius 1 is 0.696 bits per heavy atom. The number of hydrogen-bond acceptors (Lipinski definition) is 6. The van der Waals surface area contributed by atoms with E-state index < -0.39 is 0 Å². The third-order valence-electron chi connectivity index (χ3n) is 1.23. The zero-order chi connectivity index (χ0) is 17.6. The Labute approximate surface area is 150 Å². The fourth-order valence-corrected chi connectivity index (χ4v) is 0.875. The number of aliphatic hydroxyl groups excluding tert-OH is 2. The average molecular weight is 511 g/mol. The minimum atomic E-state index is -0.187. The minimum Gasteiger partial charge on any atom is -0.512 e. The maximum Gasteiger partial charge on any atom is 0.155 e. The van der Waals surface area contributed by atoms with Crippen LogP contribution >= 0.6 is 0 Å². The summed E-state index contributed by atoms with van der Waals surface area (Å²) in [6.45, 7) is 8.39. The summed E-state index contributed by atoms with van der Waals surface area (Å²) in [5, 5.41) is 16.7. The summed E-state index contributed by atoms with van der Waals surface area (Å²) in [7, 11) is 0. The van der Waals surface area contributed by atoms with Crippen molar-refractivity contribution < 1.29 is 55.0 Å². The van der Waals surface area contributed by atoms with E-state index in [1.807, 2.05) is 0 Å². The van der Waals surface area contributed by atoms with E-state index in [0.717, 1.165) is 6.42 Å². The van der Waals surface area contributed by atoms with Gasteiger partial charge in [-0.15, -0.1) is 0 Å². The number of carbonyl (C=O) groups is 4. The van der Waals surface area contributed by atoms with Gasteiger partial charge in [0.2, 0.25) is 0 Å². The van der Waals surface area contributed by atoms with Gasteiger partial charge in [0.15, 0.2) is 11.6 Å². The molecule has 0 aliphatic rings. The Morgan fingerprint density at radius 3 is 0.913 bits per heavy atom. The number of Topliss-reactive ketones (excluding diaryl/α,β-unsaturated/α-hetero) is 2. The van der Waals surface area contributed by atoms with Gasteiger partial charge in [0, 0.05) is 43.8 Å². The average Bonchev–Trinajstić information content (AvgIpc) is 2.10. The maximum atomic E-state index is 10.0. The monoisotopic (exact) mass is 511 g/mol. The van der Waals surface area contributed by atoms with Gasteiger partial charge in [-0.1, -0.05) is 0 Å². The molecule has 0 aromatic rings. The second kappa shape index (κ2) is 20.2. The summed E-state index contributed by atoms with van der Waals surface area (Å²) in [4.78, 5) is 40.0. The fraction of sp³-hybridized carbons (Fsp3) is 0.400. The Bertz CT molecular complexity index is 389. The van der Waals surface area contributed by atoms with Crippen LogP contribution in [0.4, 0.5) is 0 Å². The van der Waals surface area contributed by atoms with Gasteiger partial charge in [0.25, 0.3) is 0 Å². The molecule has 0 aromatic heterocycles. The van der Waals surface area contributed by atoms with Crippen molar-refractivity contribution in [3.8, 4) is 0 Å². The number of carbonyl (C=O) groups excluding carboxylic acids is 4. The smallest absolute Gasteiger partial charge is 0.155 e. The van der Waals surface area contributed by atoms with Crippen LogP contribution in [0.25, 0.3) is 0 Å². The molecule has 0 saturated heterocycles. The minimum absolute atomic E-state index is 0. The van der Waals surface area contributed by atoms with Crippen molar-refractivity contribution in [2.75, 3.05) is 0 Å². The molecule has 0 heterocycles. The Kier molecular flexibility index (Phi) is 29.0. The van der Waals surface area contributed by atoms with Crippen LogP contribution in [0.2, 0.25) is 0 Å². The van der Waals surface area contributed by atoms with Crippen molar-refractivity contribution in [1.29, 1.82) is 0 Å². The quantitative estimate of drug-likeness (QED) is 0.193. The second-order valence-corrected chi connectivity index (χ2v) is 4.16. The molecule has 0 aromatic carbocycles. The number of hydrogen-bond donors (Lipinski definition) is 2. The molecule has 0 fully saturated rings. The van der Waals surface area contributed by atoms with Gasteiger partial charge >= 0.3 is 0 Å². The van der Waals surface area contributed by atoms with E-state index >= 15 is 0 Å². The van der Waals surface area contributed by atoms with E-state index in [4.69, 9.17) is 10.2 Å². The number of rotatable bonds is 4. The Morgan fingerprint density at radius 2 is 0.913 bits per heavy atom. The van der Waals surface area contributed by atoms with Gasteiger partial charge in [0.05, 0.1) is 11.5 Å². The van der Waals surface area contributed by atoms with E-state index in [1.54, 1.807) is 0 Å². The first-order chi connectivity index (χ1) is 9.38. The topological polar surface area (TPSA) is 142 Å². The third-order valence-corrected chi connectivity index (χ3v) is 1.23. The fourth-order valence-electron chi connectivity index (χ4n) is 0.875. The van der Waals surface area contributed by atoms with Gasteiger partial charge in [-0.3, -0.25) is 16.0 Å². The third kappa shape index (κ3) is 64.2. The van der Waals surface area contributed by atoms with Crippen LogP contribution in [0.1, 0.15) is 41.5 Å². The molecule has 0 spiro atoms. The van der Waals surface area contributed by atoms with Crippen molar-refractivity contribution >= 4 is 23.1 Å². The van der Waals surface area contributed by atoms with E-state index in [1.165, 1.54) is 53.7 Å². The van der Waals surface area contributed by atoms with Crippen molar-refractivity contribution in [2.45, 2.75) is 41.5 Å². The molecule has 0 aliphatic heterocycles. The maximum absolute atomic E-state index is 10.0. The first kappa shape index (κ1) is 33.0. The van der Waals surface area contributed by atoms with Crippen LogP contribution < -0.4 is 0 Å². The van der Waals surface area contributed by atoms with Gasteiger partial charge < -0.3 is 25.3 Å². The van der Waals surface area contributed by atoms with E-state index in [2.05, 4.69) is 0 Å². The zero-order valence-electron chi connectivity index (χ0n) is 14.2. The van der Waals surface area contributed by atoms with Crippen molar-refractivity contribution in [2.24, 2.45) is 0 Å². The molecule has 0 amide bonds. The molecule has 0 atom stereocenters. The largest absolute Gasteiger partial charge is 0.512 e. The summed E-state index contributed by atoms with van der Waals surface area (Å²) in [5.41, 5.74) is 0. The summed E-state index contributed by atoms with van der Waals surface area (Å²) >= 11 is 0. The molecule has 23 heavy (non-hydrogen) atoms. The number of aliphatic hydroxyl groups is 2. The predicted octanol–water partition coefficient (Wildman–Crippen LogP) is 1.52. The standard InChI is InChI=1S/2C5H8O2.C5H7O2.Ir.H2O/c3*1-4(6)3-5(2)7;;/h2*3,6H,1-2H3;3H,1-2H3;;1H2/q;;-1;;/p+1/b2*4-3-;;;. The molecule has 8 heteroatoms. The van der Waals surface area contributed by atoms with Crippen LogP contribution in [-0.4, -0.2) is 33.3 Å². The number of allylic oxidation sites excluding steroid dienone is 4. The van der Waals surface area contributed by atoms with E-state index in [9.17, 15) is 19.2 Å². The van der Waals surface area contributed by atoms with Crippen LogP contribution in [0.5, 0.6) is 0 Å². The SMILES string of the molecule is CC(=O)/C=C(/C)O.CC(=O)/C=C(/C)O.CC(=O)[CH-]C(C)=O.[Ir].[OH3+]. The normalized spacial score (nSPS) is 9.30. The Balaban J connectivity index is -0.0000000675. The molecule has 5 N–H and O–H groups in total. The molecule has 7 nitrogen and oxygen atoms in total. The van der Waals surface area contributed by atoms with Crippen molar-refractivity contribution in [3.63, 3.8) is 0 Å². The molecule has 0 unspecified atom stereocenters. The van der Waals surface area contributed by atoms with Gasteiger partial charge in [-0.05, 0) is 41.5 Å². The van der Waals surface area contributed by atoms with Gasteiger partial charge in [0.1, 0.15) is 0 Å². The molecule has 137 valence electrons. The van der Waals surface area contributed by atoms with Gasteiger partial charge in [-0.25, -0.2) is 0 Å². The molecule has 0 aliphatic carbocycles. The Hall–Kier alpha value is -1.76. The van der Waals surface area contributed by atoms with Crippen molar-refractivity contribution in [3.05, 3.63) is 30.1 Å². The van der Waals surface area contributed by atoms with Gasteiger partial charge in [-0.2, -0.15) is 0 Å². The molecule has 0 saturated carbocycles. The molecule has 0 rings (SSSR count).